The van der Waals surface area contributed by atoms with E-state index in [1.165, 1.54) is 19.3 Å². The standard InChI is InChI=1S/C25H16Cl2F3NO4S/c1-34-21-10-14(6-9-20(21)35-13-15-4-2-3-5-18(15)26)11-22-23(32)31(24(33)36-22)16-7-8-19(27)17(12-16)25(28,29)30/h2-12H,13H2,1H3/b22-11-. The third-order valence-electron chi connectivity index (χ3n) is 5.13. The Morgan fingerprint density at radius 3 is 2.42 bits per heavy atom. The lowest BCUT2D eigenvalue weighted by molar-refractivity contribution is -0.137. The highest BCUT2D eigenvalue weighted by Gasteiger charge is 2.39. The van der Waals surface area contributed by atoms with Crippen molar-refractivity contribution in [2.45, 2.75) is 12.8 Å². The van der Waals surface area contributed by atoms with Crippen LogP contribution in [0, 0.1) is 0 Å². The van der Waals surface area contributed by atoms with Crippen LogP contribution in [0.5, 0.6) is 11.5 Å². The van der Waals surface area contributed by atoms with Gasteiger partial charge in [-0.3, -0.25) is 9.59 Å². The molecule has 0 saturated carbocycles. The predicted molar refractivity (Wildman–Crippen MR) is 134 cm³/mol. The topological polar surface area (TPSA) is 55.8 Å². The summed E-state index contributed by atoms with van der Waals surface area (Å²) in [5, 5.41) is -0.696. The van der Waals surface area contributed by atoms with Gasteiger partial charge in [-0.2, -0.15) is 13.2 Å². The fraction of sp³-hybridized carbons (Fsp3) is 0.120. The Morgan fingerprint density at radius 2 is 1.72 bits per heavy atom. The number of halogens is 5. The van der Waals surface area contributed by atoms with Crippen molar-refractivity contribution < 1.29 is 32.2 Å². The van der Waals surface area contributed by atoms with Crippen LogP contribution in [0.3, 0.4) is 0 Å². The Hall–Kier alpha value is -3.14. The highest BCUT2D eigenvalue weighted by atomic mass is 35.5. The number of thioether (sulfide) groups is 1. The van der Waals surface area contributed by atoms with Crippen molar-refractivity contribution in [1.82, 2.24) is 0 Å². The first-order chi connectivity index (χ1) is 17.1. The van der Waals surface area contributed by atoms with Gasteiger partial charge in [0.25, 0.3) is 11.1 Å². The Balaban J connectivity index is 1.56. The molecule has 186 valence electrons. The second-order valence-electron chi connectivity index (χ2n) is 7.47. The summed E-state index contributed by atoms with van der Waals surface area (Å²) in [5.41, 5.74) is -0.0512. The van der Waals surface area contributed by atoms with Crippen LogP contribution in [-0.4, -0.2) is 18.3 Å². The molecule has 0 spiro atoms. The molecule has 1 aliphatic rings. The van der Waals surface area contributed by atoms with Crippen molar-refractivity contribution in [2.24, 2.45) is 0 Å². The molecule has 0 bridgehead atoms. The SMILES string of the molecule is COc1cc(/C=C2\SC(=O)N(c3ccc(Cl)c(C(F)(F)F)c3)C2=O)ccc1OCc1ccccc1Cl. The smallest absolute Gasteiger partial charge is 0.417 e. The number of benzene rings is 3. The zero-order valence-electron chi connectivity index (χ0n) is 18.4. The van der Waals surface area contributed by atoms with Gasteiger partial charge in [0, 0.05) is 10.6 Å². The fourth-order valence-electron chi connectivity index (χ4n) is 3.38. The summed E-state index contributed by atoms with van der Waals surface area (Å²) >= 11 is 12.4. The van der Waals surface area contributed by atoms with Gasteiger partial charge in [-0.1, -0.05) is 47.5 Å². The second kappa shape index (κ2) is 10.5. The zero-order valence-corrected chi connectivity index (χ0v) is 20.8. The Bertz CT molecular complexity index is 1380. The van der Waals surface area contributed by atoms with E-state index in [0.29, 0.717) is 44.8 Å². The molecule has 36 heavy (non-hydrogen) atoms. The summed E-state index contributed by atoms with van der Waals surface area (Å²) in [7, 11) is 1.45. The van der Waals surface area contributed by atoms with Crippen molar-refractivity contribution in [3.05, 3.63) is 92.3 Å². The molecule has 1 fully saturated rings. The number of hydrogen-bond donors (Lipinski definition) is 0. The van der Waals surface area contributed by atoms with E-state index in [4.69, 9.17) is 32.7 Å². The molecule has 0 unspecified atom stereocenters. The minimum atomic E-state index is -4.74. The summed E-state index contributed by atoms with van der Waals surface area (Å²) in [6, 6.07) is 15.0. The van der Waals surface area contributed by atoms with Crippen LogP contribution in [0.4, 0.5) is 23.7 Å². The van der Waals surface area contributed by atoms with Crippen molar-refractivity contribution in [1.29, 1.82) is 0 Å². The van der Waals surface area contributed by atoms with Crippen molar-refractivity contribution in [2.75, 3.05) is 12.0 Å². The summed E-state index contributed by atoms with van der Waals surface area (Å²) in [6.45, 7) is 0.204. The number of ether oxygens (including phenoxy) is 2. The first kappa shape index (κ1) is 25.9. The van der Waals surface area contributed by atoms with Crippen molar-refractivity contribution in [3.8, 4) is 11.5 Å². The van der Waals surface area contributed by atoms with Crippen LogP contribution >= 0.6 is 35.0 Å². The van der Waals surface area contributed by atoms with Gasteiger partial charge in [0.15, 0.2) is 11.5 Å². The van der Waals surface area contributed by atoms with E-state index < -0.39 is 27.9 Å². The zero-order chi connectivity index (χ0) is 26.0. The normalized spacial score (nSPS) is 15.1. The third kappa shape index (κ3) is 5.48. The van der Waals surface area contributed by atoms with Gasteiger partial charge in [-0.15, -0.1) is 0 Å². The van der Waals surface area contributed by atoms with Crippen LogP contribution in [0.1, 0.15) is 16.7 Å². The lowest BCUT2D eigenvalue weighted by Gasteiger charge is -2.16. The van der Waals surface area contributed by atoms with Gasteiger partial charge in [0.2, 0.25) is 0 Å². The molecule has 0 radical (unpaired) electrons. The number of anilines is 1. The summed E-state index contributed by atoms with van der Waals surface area (Å²) in [6.07, 6.45) is -3.29. The number of rotatable bonds is 6. The molecule has 1 saturated heterocycles. The second-order valence-corrected chi connectivity index (χ2v) is 9.28. The van der Waals surface area contributed by atoms with Gasteiger partial charge < -0.3 is 9.47 Å². The first-order valence-corrected chi connectivity index (χ1v) is 11.8. The highest BCUT2D eigenvalue weighted by molar-refractivity contribution is 8.19. The monoisotopic (exact) mass is 553 g/mol. The van der Waals surface area contributed by atoms with E-state index in [2.05, 4.69) is 0 Å². The largest absolute Gasteiger partial charge is 0.493 e. The average Bonchev–Trinajstić information content (AvgIpc) is 3.11. The minimum absolute atomic E-state index is 0.0373. The van der Waals surface area contributed by atoms with Gasteiger partial charge in [0.1, 0.15) is 6.61 Å². The van der Waals surface area contributed by atoms with E-state index in [9.17, 15) is 22.8 Å². The van der Waals surface area contributed by atoms with Crippen LogP contribution in [0.15, 0.2) is 65.6 Å². The van der Waals surface area contributed by atoms with Crippen LogP contribution in [0.2, 0.25) is 10.0 Å². The van der Waals surface area contributed by atoms with E-state index in [1.807, 2.05) is 18.2 Å². The van der Waals surface area contributed by atoms with E-state index in [-0.39, 0.29) is 17.2 Å². The number of hydrogen-bond acceptors (Lipinski definition) is 5. The molecule has 0 atom stereocenters. The highest BCUT2D eigenvalue weighted by Crippen LogP contribution is 2.41. The number of imide groups is 1. The van der Waals surface area contributed by atoms with E-state index >= 15 is 0 Å². The lowest BCUT2D eigenvalue weighted by atomic mass is 10.1. The maximum absolute atomic E-state index is 13.2. The molecule has 3 aromatic rings. The lowest BCUT2D eigenvalue weighted by Crippen LogP contribution is -2.28. The summed E-state index contributed by atoms with van der Waals surface area (Å²) in [4.78, 5) is 26.1. The molecular weight excluding hydrogens is 538 g/mol. The number of alkyl halides is 3. The molecule has 2 amide bonds. The molecule has 5 nitrogen and oxygen atoms in total. The maximum Gasteiger partial charge on any atom is 0.417 e. The minimum Gasteiger partial charge on any atom is -0.493 e. The number of carbonyl (C=O) groups is 2. The number of amides is 2. The fourth-order valence-corrected chi connectivity index (χ4v) is 4.63. The van der Waals surface area contributed by atoms with Gasteiger partial charge in [0.05, 0.1) is 28.3 Å². The van der Waals surface area contributed by atoms with Crippen LogP contribution in [0.25, 0.3) is 6.08 Å². The maximum atomic E-state index is 13.2. The average molecular weight is 554 g/mol. The summed E-state index contributed by atoms with van der Waals surface area (Å²) < 4.78 is 50.9. The molecule has 0 aliphatic carbocycles. The Labute approximate surface area is 218 Å². The summed E-state index contributed by atoms with van der Waals surface area (Å²) in [5.74, 6) is 0.0598. The first-order valence-electron chi connectivity index (χ1n) is 10.3. The molecule has 1 aliphatic heterocycles. The molecule has 11 heteroatoms. The quantitative estimate of drug-likeness (QED) is 0.291. The molecule has 4 rings (SSSR count). The van der Waals surface area contributed by atoms with Crippen molar-refractivity contribution >= 4 is 57.9 Å². The number of carbonyl (C=O) groups excluding carboxylic acids is 2. The van der Waals surface area contributed by atoms with E-state index in [0.717, 1.165) is 11.6 Å². The third-order valence-corrected chi connectivity index (χ3v) is 6.70. The molecule has 0 N–H and O–H groups in total. The van der Waals surface area contributed by atoms with Gasteiger partial charge in [-0.25, -0.2) is 4.90 Å². The van der Waals surface area contributed by atoms with E-state index in [1.54, 1.807) is 24.3 Å². The van der Waals surface area contributed by atoms with Crippen LogP contribution in [-0.2, 0) is 17.6 Å². The molecule has 1 heterocycles. The predicted octanol–water partition coefficient (Wildman–Crippen LogP) is 7.84. The molecule has 3 aromatic carbocycles. The van der Waals surface area contributed by atoms with Crippen molar-refractivity contribution in [3.63, 3.8) is 0 Å². The number of methoxy groups -OCH3 is 1. The molecule has 0 aromatic heterocycles. The molecular formula is C25H16Cl2F3NO4S. The Kier molecular flexibility index (Phi) is 7.54. The van der Waals surface area contributed by atoms with Crippen LogP contribution < -0.4 is 14.4 Å². The Morgan fingerprint density at radius 1 is 0.972 bits per heavy atom. The van der Waals surface area contributed by atoms with Gasteiger partial charge in [-0.05, 0) is 59.8 Å². The number of nitrogens with zero attached hydrogens (tertiary/aromatic N) is 1. The van der Waals surface area contributed by atoms with Gasteiger partial charge >= 0.3 is 6.18 Å².